The lowest BCUT2D eigenvalue weighted by molar-refractivity contribution is 0.242. The van der Waals surface area contributed by atoms with Crippen LogP contribution in [0.25, 0.3) is 0 Å². The number of benzene rings is 1. The van der Waals surface area contributed by atoms with Crippen molar-refractivity contribution in [2.24, 2.45) is 0 Å². The van der Waals surface area contributed by atoms with Crippen LogP contribution in [0.5, 0.6) is 5.75 Å². The van der Waals surface area contributed by atoms with Crippen molar-refractivity contribution < 1.29 is 13.9 Å². The van der Waals surface area contributed by atoms with Crippen molar-refractivity contribution in [2.75, 3.05) is 7.11 Å². The Balaban J connectivity index is 2.63. The Morgan fingerprint density at radius 3 is 2.57 bits per heavy atom. The zero-order chi connectivity index (χ0) is 15.8. The third-order valence-corrected chi connectivity index (χ3v) is 3.37. The van der Waals surface area contributed by atoms with E-state index in [-0.39, 0.29) is 12.6 Å². The standard InChI is InChI=1S/C15H20ClFN2O2/c1-4-13(16)14(5-2)19-15(20)18-9-10-6-11(17)8-12(7-10)21-3/h6-8H,4-5,9H2,1-3H3,(H2,18,19,20)/b14-13-. The summed E-state index contributed by atoms with van der Waals surface area (Å²) >= 11 is 6.02. The maximum atomic E-state index is 13.3. The van der Waals surface area contributed by atoms with Crippen molar-refractivity contribution >= 4 is 17.6 Å². The monoisotopic (exact) mass is 314 g/mol. The fourth-order valence-corrected chi connectivity index (χ4v) is 1.95. The second-order valence-corrected chi connectivity index (χ2v) is 4.85. The fraction of sp³-hybridized carbons (Fsp3) is 0.400. The maximum Gasteiger partial charge on any atom is 0.319 e. The maximum absolute atomic E-state index is 13.3. The lowest BCUT2D eigenvalue weighted by atomic mass is 10.2. The van der Waals surface area contributed by atoms with Crippen molar-refractivity contribution in [1.29, 1.82) is 0 Å². The van der Waals surface area contributed by atoms with Gasteiger partial charge < -0.3 is 15.4 Å². The Hall–Kier alpha value is -1.75. The van der Waals surface area contributed by atoms with Gasteiger partial charge in [-0.3, -0.25) is 0 Å². The summed E-state index contributed by atoms with van der Waals surface area (Å²) in [5.41, 5.74) is 1.30. The molecule has 0 aromatic heterocycles. The molecule has 116 valence electrons. The summed E-state index contributed by atoms with van der Waals surface area (Å²) in [6, 6.07) is 3.92. The van der Waals surface area contributed by atoms with E-state index in [0.29, 0.717) is 34.9 Å². The van der Waals surface area contributed by atoms with Gasteiger partial charge in [-0.1, -0.05) is 25.4 Å². The molecule has 21 heavy (non-hydrogen) atoms. The van der Waals surface area contributed by atoms with Crippen LogP contribution in [0, 0.1) is 5.82 Å². The molecule has 1 aromatic carbocycles. The van der Waals surface area contributed by atoms with E-state index in [1.54, 1.807) is 6.07 Å². The van der Waals surface area contributed by atoms with Gasteiger partial charge in [0, 0.05) is 23.3 Å². The average molecular weight is 315 g/mol. The van der Waals surface area contributed by atoms with E-state index in [4.69, 9.17) is 16.3 Å². The first kappa shape index (κ1) is 17.3. The van der Waals surface area contributed by atoms with Gasteiger partial charge in [0.15, 0.2) is 0 Å². The van der Waals surface area contributed by atoms with E-state index in [0.717, 1.165) is 0 Å². The first-order chi connectivity index (χ1) is 9.99. The van der Waals surface area contributed by atoms with Gasteiger partial charge in [0.2, 0.25) is 0 Å². The molecule has 0 heterocycles. The van der Waals surface area contributed by atoms with Gasteiger partial charge in [-0.25, -0.2) is 9.18 Å². The molecule has 0 radical (unpaired) electrons. The lowest BCUT2D eigenvalue weighted by Crippen LogP contribution is -2.34. The molecule has 0 aliphatic carbocycles. The number of urea groups is 1. The molecule has 0 aliphatic rings. The molecular weight excluding hydrogens is 295 g/mol. The number of halogens is 2. The molecule has 0 saturated carbocycles. The number of rotatable bonds is 6. The van der Waals surface area contributed by atoms with Crippen LogP contribution in [0.3, 0.4) is 0 Å². The Morgan fingerprint density at radius 1 is 1.29 bits per heavy atom. The molecule has 0 aliphatic heterocycles. The minimum Gasteiger partial charge on any atom is -0.497 e. The van der Waals surface area contributed by atoms with Crippen molar-refractivity contribution in [1.82, 2.24) is 10.6 Å². The lowest BCUT2D eigenvalue weighted by Gasteiger charge is -2.12. The highest BCUT2D eigenvalue weighted by Crippen LogP contribution is 2.16. The number of nitrogens with one attached hydrogen (secondary N) is 2. The Kier molecular flexibility index (Phi) is 7.02. The average Bonchev–Trinajstić information content (AvgIpc) is 2.49. The Morgan fingerprint density at radius 2 is 2.00 bits per heavy atom. The van der Waals surface area contributed by atoms with Crippen molar-refractivity contribution in [3.63, 3.8) is 0 Å². The van der Waals surface area contributed by atoms with Crippen LogP contribution in [0.1, 0.15) is 32.3 Å². The summed E-state index contributed by atoms with van der Waals surface area (Å²) in [7, 11) is 1.46. The number of carbonyl (C=O) groups excluding carboxylic acids is 1. The molecule has 0 unspecified atom stereocenters. The van der Waals surface area contributed by atoms with Crippen LogP contribution in [0.4, 0.5) is 9.18 Å². The summed E-state index contributed by atoms with van der Waals surface area (Å²) in [4.78, 5) is 11.8. The predicted octanol–water partition coefficient (Wildman–Crippen LogP) is 3.90. The minimum absolute atomic E-state index is 0.195. The summed E-state index contributed by atoms with van der Waals surface area (Å²) in [5.74, 6) is 0.00473. The number of allylic oxidation sites excluding steroid dienone is 2. The predicted molar refractivity (Wildman–Crippen MR) is 81.8 cm³/mol. The Labute approximate surface area is 129 Å². The number of amides is 2. The molecule has 6 heteroatoms. The zero-order valence-electron chi connectivity index (χ0n) is 12.4. The van der Waals surface area contributed by atoms with Crippen molar-refractivity contribution in [2.45, 2.75) is 33.2 Å². The quantitative estimate of drug-likeness (QED) is 0.836. The van der Waals surface area contributed by atoms with Crippen LogP contribution in [-0.2, 0) is 6.54 Å². The summed E-state index contributed by atoms with van der Waals surface area (Å²) in [6.07, 6.45) is 1.29. The fourth-order valence-electron chi connectivity index (χ4n) is 1.77. The van der Waals surface area contributed by atoms with Crippen LogP contribution < -0.4 is 15.4 Å². The van der Waals surface area contributed by atoms with E-state index < -0.39 is 5.82 Å². The first-order valence-corrected chi connectivity index (χ1v) is 7.13. The van der Waals surface area contributed by atoms with Crippen LogP contribution in [-0.4, -0.2) is 13.1 Å². The highest BCUT2D eigenvalue weighted by molar-refractivity contribution is 6.30. The summed E-state index contributed by atoms with van der Waals surface area (Å²) < 4.78 is 18.3. The number of hydrogen-bond donors (Lipinski definition) is 2. The minimum atomic E-state index is -0.408. The molecular formula is C15H20ClFN2O2. The van der Waals surface area contributed by atoms with Crippen LogP contribution in [0.2, 0.25) is 0 Å². The number of hydrogen-bond acceptors (Lipinski definition) is 2. The van der Waals surface area contributed by atoms with Gasteiger partial charge in [-0.2, -0.15) is 0 Å². The first-order valence-electron chi connectivity index (χ1n) is 6.75. The number of carbonyl (C=O) groups is 1. The highest BCUT2D eigenvalue weighted by atomic mass is 35.5. The highest BCUT2D eigenvalue weighted by Gasteiger charge is 2.07. The van der Waals surface area contributed by atoms with Crippen molar-refractivity contribution in [3.05, 3.63) is 40.3 Å². The van der Waals surface area contributed by atoms with Gasteiger partial charge in [-0.05, 0) is 30.5 Å². The third-order valence-electron chi connectivity index (χ3n) is 2.88. The molecule has 1 rings (SSSR count). The second kappa shape index (κ2) is 8.52. The molecule has 0 atom stereocenters. The molecule has 0 bridgehead atoms. The summed E-state index contributed by atoms with van der Waals surface area (Å²) in [5, 5.41) is 5.98. The van der Waals surface area contributed by atoms with Crippen LogP contribution >= 0.6 is 11.6 Å². The van der Waals surface area contributed by atoms with Gasteiger partial charge in [0.1, 0.15) is 11.6 Å². The topological polar surface area (TPSA) is 50.4 Å². The van der Waals surface area contributed by atoms with Gasteiger partial charge in [0.25, 0.3) is 0 Å². The molecule has 2 N–H and O–H groups in total. The molecule has 2 amide bonds. The van der Waals surface area contributed by atoms with E-state index >= 15 is 0 Å². The molecule has 0 saturated heterocycles. The van der Waals surface area contributed by atoms with Gasteiger partial charge in [-0.15, -0.1) is 0 Å². The van der Waals surface area contributed by atoms with E-state index in [9.17, 15) is 9.18 Å². The SMILES string of the molecule is CC/C(Cl)=C(\CC)NC(=O)NCc1cc(F)cc(OC)c1. The normalized spacial score (nSPS) is 11.7. The third kappa shape index (κ3) is 5.63. The molecule has 1 aromatic rings. The largest absolute Gasteiger partial charge is 0.497 e. The molecule has 0 fully saturated rings. The van der Waals surface area contributed by atoms with E-state index in [2.05, 4.69) is 10.6 Å². The van der Waals surface area contributed by atoms with Crippen LogP contribution in [0.15, 0.2) is 28.9 Å². The zero-order valence-corrected chi connectivity index (χ0v) is 13.2. The second-order valence-electron chi connectivity index (χ2n) is 4.40. The Bertz CT molecular complexity index is 532. The number of methoxy groups -OCH3 is 1. The smallest absolute Gasteiger partial charge is 0.319 e. The summed E-state index contributed by atoms with van der Waals surface area (Å²) in [6.45, 7) is 4.02. The number of ether oxygens (including phenoxy) is 1. The van der Waals surface area contributed by atoms with Gasteiger partial charge >= 0.3 is 6.03 Å². The van der Waals surface area contributed by atoms with Crippen molar-refractivity contribution in [3.8, 4) is 5.75 Å². The van der Waals surface area contributed by atoms with E-state index in [1.165, 1.54) is 19.2 Å². The molecule has 4 nitrogen and oxygen atoms in total. The van der Waals surface area contributed by atoms with E-state index in [1.807, 2.05) is 13.8 Å². The molecule has 0 spiro atoms. The van der Waals surface area contributed by atoms with Gasteiger partial charge in [0.05, 0.1) is 7.11 Å².